The second-order valence-electron chi connectivity index (χ2n) is 10.1. The van der Waals surface area contributed by atoms with Gasteiger partial charge >= 0.3 is 0 Å². The lowest BCUT2D eigenvalue weighted by molar-refractivity contribution is -0.128. The molecule has 0 saturated heterocycles. The van der Waals surface area contributed by atoms with Crippen molar-refractivity contribution in [3.05, 3.63) is 120 Å². The summed E-state index contributed by atoms with van der Waals surface area (Å²) in [6, 6.07) is 30.6. The van der Waals surface area contributed by atoms with E-state index < -0.39 is 16.1 Å². The monoisotopic (exact) mass is 599 g/mol. The molecule has 1 atom stereocenters. The molecular formula is C33H33N3O6S. The van der Waals surface area contributed by atoms with Crippen molar-refractivity contribution >= 4 is 27.5 Å². The number of benzene rings is 4. The zero-order chi connectivity index (χ0) is 30.2. The fourth-order valence-corrected chi connectivity index (χ4v) is 5.82. The van der Waals surface area contributed by atoms with Crippen molar-refractivity contribution in [1.29, 1.82) is 0 Å². The number of aryl methyl sites for hydroxylation is 1. The van der Waals surface area contributed by atoms with E-state index in [1.165, 1.54) is 23.1 Å². The SMILES string of the molecule is Cc1cc(S(=O)(=O)NCc2ccccc2)ccc1OCC(=O)N1C[C@@H](C(=O)NCCc2ccccc2)Oc2ccccc21. The number of carbonyl (C=O) groups is 2. The lowest BCUT2D eigenvalue weighted by Crippen LogP contribution is -2.52. The first-order valence-corrected chi connectivity index (χ1v) is 15.4. The van der Waals surface area contributed by atoms with Crippen LogP contribution in [0, 0.1) is 6.92 Å². The average Bonchev–Trinajstić information content (AvgIpc) is 3.03. The summed E-state index contributed by atoms with van der Waals surface area (Å²) in [6.07, 6.45) is -0.209. The highest BCUT2D eigenvalue weighted by molar-refractivity contribution is 7.89. The van der Waals surface area contributed by atoms with Gasteiger partial charge in [-0.1, -0.05) is 72.8 Å². The molecule has 5 rings (SSSR count). The molecule has 0 aliphatic carbocycles. The minimum absolute atomic E-state index is 0.0274. The maximum Gasteiger partial charge on any atom is 0.265 e. The Bertz CT molecular complexity index is 1680. The summed E-state index contributed by atoms with van der Waals surface area (Å²) >= 11 is 0. The maximum absolute atomic E-state index is 13.4. The van der Waals surface area contributed by atoms with Crippen LogP contribution in [0.25, 0.3) is 0 Å². The Morgan fingerprint density at radius 2 is 1.58 bits per heavy atom. The first-order chi connectivity index (χ1) is 20.8. The zero-order valence-corrected chi connectivity index (χ0v) is 24.5. The first-order valence-electron chi connectivity index (χ1n) is 13.9. The minimum Gasteiger partial charge on any atom is -0.483 e. The third kappa shape index (κ3) is 7.59. The van der Waals surface area contributed by atoms with Crippen molar-refractivity contribution in [2.45, 2.75) is 30.9 Å². The standard InChI is InChI=1S/C33H33N3O6S/c1-24-20-27(43(39,40)35-21-26-12-6-3-7-13-26)16-17-29(24)41-23-32(37)36-22-31(42-30-15-9-8-14-28(30)36)33(38)34-19-18-25-10-4-2-5-11-25/h2-17,20,31,35H,18-19,21-23H2,1H3,(H,34,38)/t31-/m0/s1. The van der Waals surface area contributed by atoms with Crippen LogP contribution in [-0.4, -0.2) is 46.0 Å². The van der Waals surface area contributed by atoms with E-state index >= 15 is 0 Å². The molecule has 1 aliphatic rings. The van der Waals surface area contributed by atoms with Gasteiger partial charge in [0.25, 0.3) is 11.8 Å². The molecule has 10 heteroatoms. The lowest BCUT2D eigenvalue weighted by Gasteiger charge is -2.34. The maximum atomic E-state index is 13.4. The van der Waals surface area contributed by atoms with Crippen LogP contribution in [0.2, 0.25) is 0 Å². The largest absolute Gasteiger partial charge is 0.483 e. The average molecular weight is 600 g/mol. The Hall–Kier alpha value is -4.67. The van der Waals surface area contributed by atoms with Crippen LogP contribution in [0.1, 0.15) is 16.7 Å². The van der Waals surface area contributed by atoms with Gasteiger partial charge in [0.1, 0.15) is 11.5 Å². The Morgan fingerprint density at radius 1 is 0.907 bits per heavy atom. The van der Waals surface area contributed by atoms with E-state index in [2.05, 4.69) is 10.0 Å². The number of sulfonamides is 1. The lowest BCUT2D eigenvalue weighted by atomic mass is 10.1. The Balaban J connectivity index is 1.20. The van der Waals surface area contributed by atoms with Crippen molar-refractivity contribution in [2.24, 2.45) is 0 Å². The number of para-hydroxylation sites is 2. The highest BCUT2D eigenvalue weighted by Gasteiger charge is 2.34. The second-order valence-corrected chi connectivity index (χ2v) is 11.9. The highest BCUT2D eigenvalue weighted by Crippen LogP contribution is 2.33. The van der Waals surface area contributed by atoms with Crippen LogP contribution in [0.4, 0.5) is 5.69 Å². The Kier molecular flexibility index (Phi) is 9.38. The molecule has 0 unspecified atom stereocenters. The molecule has 222 valence electrons. The summed E-state index contributed by atoms with van der Waals surface area (Å²) in [4.78, 5) is 27.9. The van der Waals surface area contributed by atoms with E-state index in [9.17, 15) is 18.0 Å². The van der Waals surface area contributed by atoms with Gasteiger partial charge in [0, 0.05) is 13.1 Å². The minimum atomic E-state index is -3.75. The van der Waals surface area contributed by atoms with E-state index in [0.29, 0.717) is 35.7 Å². The summed E-state index contributed by atoms with van der Waals surface area (Å²) in [5.41, 5.74) is 3.06. The first kappa shape index (κ1) is 29.8. The molecule has 0 bridgehead atoms. The van der Waals surface area contributed by atoms with Gasteiger partial charge in [0.15, 0.2) is 12.7 Å². The molecule has 0 saturated carbocycles. The van der Waals surface area contributed by atoms with Crippen molar-refractivity contribution < 1.29 is 27.5 Å². The van der Waals surface area contributed by atoms with E-state index in [4.69, 9.17) is 9.47 Å². The summed E-state index contributed by atoms with van der Waals surface area (Å²) in [5, 5.41) is 2.90. The van der Waals surface area contributed by atoms with Gasteiger partial charge < -0.3 is 19.7 Å². The fourth-order valence-electron chi connectivity index (χ4n) is 4.72. The van der Waals surface area contributed by atoms with Crippen LogP contribution >= 0.6 is 0 Å². The van der Waals surface area contributed by atoms with Crippen LogP contribution in [0.5, 0.6) is 11.5 Å². The smallest absolute Gasteiger partial charge is 0.265 e. The number of rotatable bonds is 11. The predicted octanol–water partition coefficient (Wildman–Crippen LogP) is 4.01. The topological polar surface area (TPSA) is 114 Å². The van der Waals surface area contributed by atoms with Gasteiger partial charge in [0.2, 0.25) is 10.0 Å². The number of amides is 2. The number of hydrogen-bond acceptors (Lipinski definition) is 6. The van der Waals surface area contributed by atoms with Gasteiger partial charge in [-0.2, -0.15) is 0 Å². The third-order valence-electron chi connectivity index (χ3n) is 7.04. The van der Waals surface area contributed by atoms with Crippen molar-refractivity contribution in [3.8, 4) is 11.5 Å². The molecule has 0 aromatic heterocycles. The van der Waals surface area contributed by atoms with Gasteiger partial charge in [-0.05, 0) is 60.4 Å². The van der Waals surface area contributed by atoms with Gasteiger partial charge in [0.05, 0.1) is 17.1 Å². The number of fused-ring (bicyclic) bond motifs is 1. The third-order valence-corrected chi connectivity index (χ3v) is 8.44. The van der Waals surface area contributed by atoms with Crippen LogP contribution < -0.4 is 24.4 Å². The molecule has 43 heavy (non-hydrogen) atoms. The summed E-state index contributed by atoms with van der Waals surface area (Å²) in [5.74, 6) is 0.141. The van der Waals surface area contributed by atoms with Crippen LogP contribution in [0.3, 0.4) is 0 Å². The number of anilines is 1. The number of ether oxygens (including phenoxy) is 2. The zero-order valence-electron chi connectivity index (χ0n) is 23.7. The van der Waals surface area contributed by atoms with E-state index in [1.54, 1.807) is 31.2 Å². The van der Waals surface area contributed by atoms with Crippen LogP contribution in [-0.2, 0) is 32.6 Å². The molecule has 1 aliphatic heterocycles. The number of nitrogens with one attached hydrogen (secondary N) is 2. The van der Waals surface area contributed by atoms with Gasteiger partial charge in [-0.25, -0.2) is 13.1 Å². The summed E-state index contributed by atoms with van der Waals surface area (Å²) in [7, 11) is -3.75. The van der Waals surface area contributed by atoms with Crippen molar-refractivity contribution in [1.82, 2.24) is 10.0 Å². The summed E-state index contributed by atoms with van der Waals surface area (Å²) < 4.78 is 40.0. The molecular weight excluding hydrogens is 566 g/mol. The van der Waals surface area contributed by atoms with Gasteiger partial charge in [-0.3, -0.25) is 9.59 Å². The molecule has 4 aromatic rings. The molecule has 9 nitrogen and oxygen atoms in total. The Labute approximate surface area is 251 Å². The molecule has 2 amide bonds. The van der Waals surface area contributed by atoms with E-state index in [0.717, 1.165) is 11.1 Å². The van der Waals surface area contributed by atoms with Gasteiger partial charge in [-0.15, -0.1) is 0 Å². The van der Waals surface area contributed by atoms with Crippen molar-refractivity contribution in [2.75, 3.05) is 24.6 Å². The highest BCUT2D eigenvalue weighted by atomic mass is 32.2. The van der Waals surface area contributed by atoms with E-state index in [-0.39, 0.29) is 36.4 Å². The predicted molar refractivity (Wildman–Crippen MR) is 164 cm³/mol. The molecule has 0 spiro atoms. The molecule has 0 radical (unpaired) electrons. The molecule has 1 heterocycles. The summed E-state index contributed by atoms with van der Waals surface area (Å²) in [6.45, 7) is 2.04. The molecule has 0 fully saturated rings. The molecule has 2 N–H and O–H groups in total. The molecule has 4 aromatic carbocycles. The normalized spacial score (nSPS) is 14.3. The number of hydrogen-bond donors (Lipinski definition) is 2. The quantitative estimate of drug-likeness (QED) is 0.269. The Morgan fingerprint density at radius 3 is 2.30 bits per heavy atom. The van der Waals surface area contributed by atoms with Crippen LogP contribution in [0.15, 0.2) is 108 Å². The second kappa shape index (κ2) is 13.5. The number of carbonyl (C=O) groups excluding carboxylic acids is 2. The van der Waals surface area contributed by atoms with Crippen molar-refractivity contribution in [3.63, 3.8) is 0 Å². The number of nitrogens with zero attached hydrogens (tertiary/aromatic N) is 1. The fraction of sp³-hybridized carbons (Fsp3) is 0.212. The van der Waals surface area contributed by atoms with E-state index in [1.807, 2.05) is 60.7 Å².